The second kappa shape index (κ2) is 5.89. The smallest absolute Gasteiger partial charge is 0.337 e. The number of aromatic carboxylic acids is 1. The van der Waals surface area contributed by atoms with Gasteiger partial charge >= 0.3 is 5.97 Å². The predicted molar refractivity (Wildman–Crippen MR) is 65.8 cm³/mol. The van der Waals surface area contributed by atoms with Gasteiger partial charge in [-0.05, 0) is 12.1 Å². The molecule has 6 heteroatoms. The average Bonchev–Trinajstić information content (AvgIpc) is 3.07. The van der Waals surface area contributed by atoms with Crippen molar-refractivity contribution in [3.05, 3.63) is 33.3 Å². The Hall–Kier alpha value is -1.26. The van der Waals surface area contributed by atoms with Crippen molar-refractivity contribution in [1.82, 2.24) is 0 Å². The number of hydrogen-bond donors (Lipinski definition) is 2. The predicted octanol–water partition coefficient (Wildman–Crippen LogP) is 2.96. The van der Waals surface area contributed by atoms with Gasteiger partial charge in [-0.3, -0.25) is 4.79 Å². The molecule has 0 bridgehead atoms. The Morgan fingerprint density at radius 2 is 1.47 bits per heavy atom. The largest absolute Gasteiger partial charge is 0.478 e. The summed E-state index contributed by atoms with van der Waals surface area (Å²) in [5.74, 6) is -1.97. The molecule has 3 N–H and O–H groups in total. The van der Waals surface area contributed by atoms with Gasteiger partial charge in [0.1, 0.15) is 0 Å². The number of carboxylic acid groups (broad SMARTS) is 1. The fraction of sp³-hybridized carbons (Fsp3) is 0.273. The Labute approximate surface area is 108 Å². The van der Waals surface area contributed by atoms with Gasteiger partial charge < -0.3 is 10.8 Å². The molecular formula is C11H11Cl2NO3. The third-order valence-corrected chi connectivity index (χ3v) is 2.81. The molecule has 1 amide bonds. The first kappa shape index (κ1) is 13.8. The molecule has 1 aliphatic carbocycles. The molecule has 92 valence electrons. The number of hydrogen-bond acceptors (Lipinski definition) is 2. The van der Waals surface area contributed by atoms with E-state index in [4.69, 9.17) is 34.0 Å². The van der Waals surface area contributed by atoms with Crippen LogP contribution in [-0.4, -0.2) is 17.0 Å². The van der Waals surface area contributed by atoms with Crippen LogP contribution in [0.1, 0.15) is 40.0 Å². The molecule has 1 aliphatic rings. The van der Waals surface area contributed by atoms with Gasteiger partial charge in [-0.2, -0.15) is 0 Å². The highest BCUT2D eigenvalue weighted by molar-refractivity contribution is 6.45. The summed E-state index contributed by atoms with van der Waals surface area (Å²) in [5.41, 5.74) is 4.82. The van der Waals surface area contributed by atoms with Crippen LogP contribution in [0.5, 0.6) is 0 Å². The Morgan fingerprint density at radius 3 is 1.82 bits per heavy atom. The highest BCUT2D eigenvalue weighted by Crippen LogP contribution is 2.29. The summed E-state index contributed by atoms with van der Waals surface area (Å²) in [6, 6.07) is 2.40. The number of amides is 1. The summed E-state index contributed by atoms with van der Waals surface area (Å²) in [6.07, 6.45) is 4.50. The molecule has 1 aromatic rings. The molecule has 0 aromatic heterocycles. The van der Waals surface area contributed by atoms with Crippen molar-refractivity contribution in [2.75, 3.05) is 0 Å². The fourth-order valence-electron chi connectivity index (χ4n) is 0.905. The van der Waals surface area contributed by atoms with E-state index in [0.717, 1.165) is 0 Å². The van der Waals surface area contributed by atoms with Gasteiger partial charge in [0.2, 0.25) is 5.91 Å². The highest BCUT2D eigenvalue weighted by atomic mass is 35.5. The van der Waals surface area contributed by atoms with Gasteiger partial charge in [0.05, 0.1) is 21.2 Å². The molecule has 0 unspecified atom stereocenters. The number of primary amides is 1. The van der Waals surface area contributed by atoms with Crippen LogP contribution in [0.3, 0.4) is 0 Å². The lowest BCUT2D eigenvalue weighted by molar-refractivity contribution is 0.0696. The number of benzene rings is 1. The van der Waals surface area contributed by atoms with E-state index in [1.54, 1.807) is 0 Å². The molecule has 0 spiro atoms. The minimum atomic E-state index is -1.21. The fourth-order valence-corrected chi connectivity index (χ4v) is 1.41. The van der Waals surface area contributed by atoms with Crippen molar-refractivity contribution in [2.45, 2.75) is 19.3 Å². The lowest BCUT2D eigenvalue weighted by Gasteiger charge is -2.04. The van der Waals surface area contributed by atoms with Gasteiger partial charge in [-0.1, -0.05) is 42.5 Å². The van der Waals surface area contributed by atoms with Gasteiger partial charge in [0, 0.05) is 0 Å². The first-order valence-corrected chi connectivity index (χ1v) is 5.72. The average molecular weight is 276 g/mol. The SMILES string of the molecule is C1CC1.NC(=O)c1ccc(C(=O)O)c(Cl)c1Cl. The summed E-state index contributed by atoms with van der Waals surface area (Å²) in [4.78, 5) is 21.4. The normalized spacial score (nSPS) is 12.4. The number of nitrogens with two attached hydrogens (primary N) is 1. The Kier molecular flexibility index (Phi) is 4.78. The molecule has 1 aromatic carbocycles. The lowest BCUT2D eigenvalue weighted by atomic mass is 10.1. The topological polar surface area (TPSA) is 80.4 Å². The molecule has 17 heavy (non-hydrogen) atoms. The summed E-state index contributed by atoms with van der Waals surface area (Å²) in [6.45, 7) is 0. The van der Waals surface area contributed by atoms with Gasteiger partial charge in [0.25, 0.3) is 0 Å². The van der Waals surface area contributed by atoms with E-state index >= 15 is 0 Å². The number of carbonyl (C=O) groups is 2. The van der Waals surface area contributed by atoms with Crippen molar-refractivity contribution in [3.63, 3.8) is 0 Å². The maximum Gasteiger partial charge on any atom is 0.337 e. The molecule has 2 rings (SSSR count). The van der Waals surface area contributed by atoms with E-state index in [1.165, 1.54) is 31.4 Å². The van der Waals surface area contributed by atoms with Crippen LogP contribution in [0.4, 0.5) is 0 Å². The molecule has 0 heterocycles. The molecule has 0 aliphatic heterocycles. The van der Waals surface area contributed by atoms with Crippen LogP contribution in [0.25, 0.3) is 0 Å². The van der Waals surface area contributed by atoms with E-state index in [9.17, 15) is 9.59 Å². The number of halogens is 2. The Balaban J connectivity index is 0.000000415. The summed E-state index contributed by atoms with van der Waals surface area (Å²) >= 11 is 11.3. The van der Waals surface area contributed by atoms with Crippen LogP contribution >= 0.6 is 23.2 Å². The first-order valence-electron chi connectivity index (χ1n) is 4.96. The molecule has 1 fully saturated rings. The molecule has 1 saturated carbocycles. The van der Waals surface area contributed by atoms with Crippen molar-refractivity contribution in [1.29, 1.82) is 0 Å². The molecule has 4 nitrogen and oxygen atoms in total. The van der Waals surface area contributed by atoms with Gasteiger partial charge in [0.15, 0.2) is 0 Å². The number of carboxylic acids is 1. The zero-order valence-electron chi connectivity index (χ0n) is 8.87. The first-order chi connectivity index (χ1) is 7.95. The number of rotatable bonds is 2. The summed E-state index contributed by atoms with van der Waals surface area (Å²) < 4.78 is 0. The minimum Gasteiger partial charge on any atom is -0.478 e. The second-order valence-electron chi connectivity index (χ2n) is 3.52. The van der Waals surface area contributed by atoms with E-state index in [2.05, 4.69) is 0 Å². The molecule has 0 radical (unpaired) electrons. The molecule has 0 saturated heterocycles. The number of carbonyl (C=O) groups excluding carboxylic acids is 1. The van der Waals surface area contributed by atoms with Gasteiger partial charge in [-0.25, -0.2) is 4.79 Å². The summed E-state index contributed by atoms with van der Waals surface area (Å²) in [7, 11) is 0. The van der Waals surface area contributed by atoms with E-state index in [0.29, 0.717) is 0 Å². The zero-order chi connectivity index (χ0) is 13.0. The van der Waals surface area contributed by atoms with Crippen LogP contribution in [-0.2, 0) is 0 Å². The standard InChI is InChI=1S/C8H5Cl2NO3.C3H6/c9-5-3(7(11)12)1-2-4(6(5)10)8(13)14;1-2-3-1/h1-2H,(H2,11,12)(H,13,14);1-3H2. The van der Waals surface area contributed by atoms with Crippen LogP contribution in [0.15, 0.2) is 12.1 Å². The maximum atomic E-state index is 10.8. The highest BCUT2D eigenvalue weighted by Gasteiger charge is 2.16. The van der Waals surface area contributed by atoms with Gasteiger partial charge in [-0.15, -0.1) is 0 Å². The van der Waals surface area contributed by atoms with E-state index < -0.39 is 11.9 Å². The van der Waals surface area contributed by atoms with Crippen molar-refractivity contribution in [3.8, 4) is 0 Å². The van der Waals surface area contributed by atoms with Crippen LogP contribution in [0, 0.1) is 0 Å². The Morgan fingerprint density at radius 1 is 1.06 bits per heavy atom. The third kappa shape index (κ3) is 3.91. The lowest BCUT2D eigenvalue weighted by Crippen LogP contribution is -2.12. The minimum absolute atomic E-state index is 0.00154. The van der Waals surface area contributed by atoms with Crippen molar-refractivity contribution >= 4 is 35.1 Å². The zero-order valence-corrected chi connectivity index (χ0v) is 10.4. The third-order valence-electron chi connectivity index (χ3n) is 1.93. The van der Waals surface area contributed by atoms with Crippen molar-refractivity contribution < 1.29 is 14.7 Å². The molecule has 0 atom stereocenters. The van der Waals surface area contributed by atoms with E-state index in [1.807, 2.05) is 0 Å². The second-order valence-corrected chi connectivity index (χ2v) is 4.27. The molecular weight excluding hydrogens is 265 g/mol. The summed E-state index contributed by atoms with van der Waals surface area (Å²) in [5, 5.41) is 8.34. The Bertz CT molecular complexity index is 417. The van der Waals surface area contributed by atoms with Crippen molar-refractivity contribution in [2.24, 2.45) is 5.73 Å². The van der Waals surface area contributed by atoms with E-state index in [-0.39, 0.29) is 21.2 Å². The maximum absolute atomic E-state index is 10.8. The quantitative estimate of drug-likeness (QED) is 0.871. The monoisotopic (exact) mass is 275 g/mol. The van der Waals surface area contributed by atoms with Crippen LogP contribution in [0.2, 0.25) is 10.0 Å². The van der Waals surface area contributed by atoms with Crippen LogP contribution < -0.4 is 5.73 Å².